The fraction of sp³-hybridized carbons (Fsp3) is 0.786. The van der Waals surface area contributed by atoms with Crippen LogP contribution in [0.3, 0.4) is 0 Å². The Labute approximate surface area is 110 Å². The van der Waals surface area contributed by atoms with Gasteiger partial charge in [-0.05, 0) is 32.9 Å². The van der Waals surface area contributed by atoms with Crippen LogP contribution in [0.1, 0.15) is 50.8 Å². The van der Waals surface area contributed by atoms with Gasteiger partial charge in [-0.1, -0.05) is 19.3 Å². The van der Waals surface area contributed by atoms with E-state index < -0.39 is 0 Å². The van der Waals surface area contributed by atoms with Crippen LogP contribution in [0.5, 0.6) is 0 Å². The molecular weight excluding hydrogens is 224 g/mol. The predicted molar refractivity (Wildman–Crippen MR) is 74.3 cm³/mol. The lowest BCUT2D eigenvalue weighted by atomic mass is 9.96. The van der Waals surface area contributed by atoms with Crippen molar-refractivity contribution >= 4 is 0 Å². The van der Waals surface area contributed by atoms with E-state index in [1.807, 2.05) is 6.92 Å². The molecule has 0 spiro atoms. The van der Waals surface area contributed by atoms with E-state index in [1.54, 1.807) is 0 Å². The third-order valence-corrected chi connectivity index (χ3v) is 3.64. The van der Waals surface area contributed by atoms with E-state index in [4.69, 9.17) is 10.8 Å². The molecule has 1 atom stereocenters. The molecule has 1 heterocycles. The summed E-state index contributed by atoms with van der Waals surface area (Å²) >= 11 is 0. The largest absolute Gasteiger partial charge is 0.327 e. The van der Waals surface area contributed by atoms with Crippen LogP contribution in [0, 0.1) is 0 Å². The van der Waals surface area contributed by atoms with Gasteiger partial charge in [-0.25, -0.2) is 0 Å². The van der Waals surface area contributed by atoms with Crippen LogP contribution in [-0.4, -0.2) is 34.3 Å². The fourth-order valence-corrected chi connectivity index (χ4v) is 2.84. The maximum atomic E-state index is 5.80. The van der Waals surface area contributed by atoms with Crippen molar-refractivity contribution in [2.75, 3.05) is 13.6 Å². The van der Waals surface area contributed by atoms with Crippen molar-refractivity contribution in [3.8, 4) is 0 Å². The molecule has 1 aromatic rings. The van der Waals surface area contributed by atoms with Crippen molar-refractivity contribution < 1.29 is 0 Å². The van der Waals surface area contributed by atoms with Gasteiger partial charge >= 0.3 is 0 Å². The monoisotopic (exact) mass is 250 g/mol. The van der Waals surface area contributed by atoms with Gasteiger partial charge in [-0.3, -0.25) is 9.58 Å². The molecule has 1 fully saturated rings. The van der Waals surface area contributed by atoms with Gasteiger partial charge in [0, 0.05) is 25.3 Å². The normalized spacial score (nSPS) is 19.3. The lowest BCUT2D eigenvalue weighted by Gasteiger charge is -2.22. The molecule has 0 aliphatic heterocycles. The average Bonchev–Trinajstić information content (AvgIpc) is 2.77. The number of aromatic nitrogens is 2. The SMILES string of the molecule is CC(N)CN(C)Cc1ccn(C2CCCCC2)n1. The van der Waals surface area contributed by atoms with Crippen molar-refractivity contribution in [2.24, 2.45) is 5.73 Å². The number of likely N-dealkylation sites (N-methyl/N-ethyl adjacent to an activating group) is 1. The second-order valence-electron chi connectivity index (χ2n) is 5.75. The van der Waals surface area contributed by atoms with Gasteiger partial charge in [0.05, 0.1) is 11.7 Å². The molecule has 4 nitrogen and oxygen atoms in total. The molecule has 0 radical (unpaired) electrons. The van der Waals surface area contributed by atoms with Crippen molar-refractivity contribution in [1.29, 1.82) is 0 Å². The first-order valence-corrected chi connectivity index (χ1v) is 7.13. The minimum atomic E-state index is 0.218. The van der Waals surface area contributed by atoms with Crippen molar-refractivity contribution in [1.82, 2.24) is 14.7 Å². The van der Waals surface area contributed by atoms with Gasteiger partial charge in [0.25, 0.3) is 0 Å². The number of rotatable bonds is 5. The van der Waals surface area contributed by atoms with Gasteiger partial charge < -0.3 is 5.73 Å². The Balaban J connectivity index is 1.89. The molecule has 4 heteroatoms. The molecule has 1 saturated carbocycles. The van der Waals surface area contributed by atoms with E-state index >= 15 is 0 Å². The average molecular weight is 250 g/mol. The van der Waals surface area contributed by atoms with Crippen LogP contribution in [0.15, 0.2) is 12.3 Å². The zero-order valence-corrected chi connectivity index (χ0v) is 11.7. The van der Waals surface area contributed by atoms with Crippen LogP contribution < -0.4 is 5.73 Å². The summed E-state index contributed by atoms with van der Waals surface area (Å²) in [6.45, 7) is 3.84. The predicted octanol–water partition coefficient (Wildman–Crippen LogP) is 2.17. The molecule has 2 N–H and O–H groups in total. The molecule has 1 unspecified atom stereocenters. The lowest BCUT2D eigenvalue weighted by molar-refractivity contribution is 0.297. The van der Waals surface area contributed by atoms with E-state index in [9.17, 15) is 0 Å². The van der Waals surface area contributed by atoms with Gasteiger partial charge in [0.2, 0.25) is 0 Å². The summed E-state index contributed by atoms with van der Waals surface area (Å²) in [6.07, 6.45) is 8.81. The summed E-state index contributed by atoms with van der Waals surface area (Å²) in [5, 5.41) is 4.72. The fourth-order valence-electron chi connectivity index (χ4n) is 2.84. The van der Waals surface area contributed by atoms with Crippen LogP contribution in [0.4, 0.5) is 0 Å². The van der Waals surface area contributed by atoms with E-state index in [0.717, 1.165) is 18.8 Å². The quantitative estimate of drug-likeness (QED) is 0.871. The van der Waals surface area contributed by atoms with E-state index in [0.29, 0.717) is 6.04 Å². The standard InChI is InChI=1S/C14H26N4/c1-12(15)10-17(2)11-13-8-9-18(16-13)14-6-4-3-5-7-14/h8-9,12,14H,3-7,10-11,15H2,1-2H3. The number of nitrogens with two attached hydrogens (primary N) is 1. The van der Waals surface area contributed by atoms with Gasteiger partial charge in [0.15, 0.2) is 0 Å². The van der Waals surface area contributed by atoms with Gasteiger partial charge in [-0.2, -0.15) is 5.10 Å². The third kappa shape index (κ3) is 3.82. The van der Waals surface area contributed by atoms with Crippen LogP contribution in [0.2, 0.25) is 0 Å². The highest BCUT2D eigenvalue weighted by Crippen LogP contribution is 2.27. The lowest BCUT2D eigenvalue weighted by Crippen LogP contribution is -2.32. The van der Waals surface area contributed by atoms with E-state index in [2.05, 4.69) is 28.9 Å². The molecule has 1 aliphatic carbocycles. The summed E-state index contributed by atoms with van der Waals surface area (Å²) in [5.41, 5.74) is 6.96. The minimum absolute atomic E-state index is 0.218. The Morgan fingerprint density at radius 1 is 1.44 bits per heavy atom. The molecule has 102 valence electrons. The number of nitrogens with zero attached hydrogens (tertiary/aromatic N) is 3. The minimum Gasteiger partial charge on any atom is -0.327 e. The summed E-state index contributed by atoms with van der Waals surface area (Å²) in [6, 6.07) is 2.99. The zero-order chi connectivity index (χ0) is 13.0. The molecular formula is C14H26N4. The Morgan fingerprint density at radius 3 is 2.83 bits per heavy atom. The third-order valence-electron chi connectivity index (χ3n) is 3.64. The summed E-state index contributed by atoms with van der Waals surface area (Å²) in [7, 11) is 2.10. The molecule has 0 aromatic carbocycles. The van der Waals surface area contributed by atoms with Crippen LogP contribution in [0.25, 0.3) is 0 Å². The number of hydrogen-bond acceptors (Lipinski definition) is 3. The van der Waals surface area contributed by atoms with Crippen LogP contribution >= 0.6 is 0 Å². The topological polar surface area (TPSA) is 47.1 Å². The second-order valence-corrected chi connectivity index (χ2v) is 5.75. The maximum Gasteiger partial charge on any atom is 0.0764 e. The summed E-state index contributed by atoms with van der Waals surface area (Å²) in [5.74, 6) is 0. The molecule has 1 aliphatic rings. The Morgan fingerprint density at radius 2 is 2.17 bits per heavy atom. The number of hydrogen-bond donors (Lipinski definition) is 1. The Bertz CT molecular complexity index is 352. The van der Waals surface area contributed by atoms with Crippen molar-refractivity contribution in [2.45, 2.75) is 57.7 Å². The van der Waals surface area contributed by atoms with Gasteiger partial charge in [-0.15, -0.1) is 0 Å². The Hall–Kier alpha value is -0.870. The van der Waals surface area contributed by atoms with Gasteiger partial charge in [0.1, 0.15) is 0 Å². The molecule has 2 rings (SSSR count). The summed E-state index contributed by atoms with van der Waals surface area (Å²) in [4.78, 5) is 2.23. The highest BCUT2D eigenvalue weighted by Gasteiger charge is 2.16. The van der Waals surface area contributed by atoms with Crippen molar-refractivity contribution in [3.05, 3.63) is 18.0 Å². The smallest absolute Gasteiger partial charge is 0.0764 e. The maximum absolute atomic E-state index is 5.80. The highest BCUT2D eigenvalue weighted by molar-refractivity contribution is 5.00. The first-order chi connectivity index (χ1) is 8.65. The molecule has 18 heavy (non-hydrogen) atoms. The first kappa shape index (κ1) is 13.6. The summed E-state index contributed by atoms with van der Waals surface area (Å²) < 4.78 is 2.17. The molecule has 0 saturated heterocycles. The second kappa shape index (κ2) is 6.34. The Kier molecular flexibility index (Phi) is 4.78. The van der Waals surface area contributed by atoms with Crippen LogP contribution in [-0.2, 0) is 6.54 Å². The van der Waals surface area contributed by atoms with Crippen molar-refractivity contribution in [3.63, 3.8) is 0 Å². The molecule has 0 bridgehead atoms. The zero-order valence-electron chi connectivity index (χ0n) is 11.7. The highest BCUT2D eigenvalue weighted by atomic mass is 15.3. The van der Waals surface area contributed by atoms with E-state index in [1.165, 1.54) is 32.1 Å². The molecule has 1 aromatic heterocycles. The molecule has 0 amide bonds. The van der Waals surface area contributed by atoms with E-state index in [-0.39, 0.29) is 6.04 Å². The first-order valence-electron chi connectivity index (χ1n) is 7.13.